The van der Waals surface area contributed by atoms with Crippen LogP contribution in [0, 0.1) is 0 Å². The molecule has 1 N–H and O–H groups in total. The Labute approximate surface area is 210 Å². The van der Waals surface area contributed by atoms with Crippen molar-refractivity contribution < 1.29 is 23.9 Å². The van der Waals surface area contributed by atoms with Crippen molar-refractivity contribution in [2.75, 3.05) is 13.2 Å². The summed E-state index contributed by atoms with van der Waals surface area (Å²) >= 11 is 0. The Morgan fingerprint density at radius 3 is 2.19 bits per heavy atom. The Morgan fingerprint density at radius 2 is 1.56 bits per heavy atom. The van der Waals surface area contributed by atoms with Crippen molar-refractivity contribution in [1.29, 1.82) is 0 Å². The van der Waals surface area contributed by atoms with Crippen molar-refractivity contribution in [2.45, 2.75) is 37.9 Å². The van der Waals surface area contributed by atoms with Gasteiger partial charge in [0.25, 0.3) is 0 Å². The number of nitrogens with zero attached hydrogens (tertiary/aromatic N) is 1. The fourth-order valence-electron chi connectivity index (χ4n) is 5.12. The zero-order valence-corrected chi connectivity index (χ0v) is 20.2. The number of esters is 1. The first-order valence-corrected chi connectivity index (χ1v) is 12.1. The van der Waals surface area contributed by atoms with Gasteiger partial charge < -0.3 is 19.7 Å². The van der Waals surface area contributed by atoms with Crippen LogP contribution < -0.4 is 5.32 Å². The minimum absolute atomic E-state index is 0.0661. The Morgan fingerprint density at radius 1 is 0.972 bits per heavy atom. The number of morpholine rings is 1. The molecule has 0 spiro atoms. The third kappa shape index (κ3) is 4.33. The molecule has 1 fully saturated rings. The molecule has 1 aliphatic heterocycles. The second kappa shape index (κ2) is 9.85. The number of nitrogens with one attached hydrogen (secondary N) is 1. The van der Waals surface area contributed by atoms with E-state index in [4.69, 9.17) is 9.47 Å². The van der Waals surface area contributed by atoms with E-state index < -0.39 is 30.2 Å². The molecule has 5 rings (SSSR count). The quantitative estimate of drug-likeness (QED) is 0.542. The molecule has 1 saturated heterocycles. The lowest BCUT2D eigenvalue weighted by molar-refractivity contribution is -0.169. The first-order chi connectivity index (χ1) is 17.5. The summed E-state index contributed by atoms with van der Waals surface area (Å²) in [6, 6.07) is 23.5. The van der Waals surface area contributed by atoms with Gasteiger partial charge in [0, 0.05) is 5.92 Å². The number of fused-ring (bicyclic) bond motifs is 3. The molecular formula is C29H28N2O5. The number of ether oxygens (including phenoxy) is 2. The van der Waals surface area contributed by atoms with Gasteiger partial charge in [-0.2, -0.15) is 0 Å². The highest BCUT2D eigenvalue weighted by Gasteiger charge is 2.41. The highest BCUT2D eigenvalue weighted by atomic mass is 16.5. The van der Waals surface area contributed by atoms with E-state index in [-0.39, 0.29) is 25.0 Å². The zero-order valence-electron chi connectivity index (χ0n) is 20.2. The fraction of sp³-hybridized carbons (Fsp3) is 0.276. The van der Waals surface area contributed by atoms with Gasteiger partial charge in [0.2, 0.25) is 5.91 Å². The Balaban J connectivity index is 1.26. The molecule has 7 heteroatoms. The van der Waals surface area contributed by atoms with Gasteiger partial charge >= 0.3 is 12.1 Å². The van der Waals surface area contributed by atoms with Gasteiger partial charge in [0.15, 0.2) is 0 Å². The maximum atomic E-state index is 13.4. The molecule has 36 heavy (non-hydrogen) atoms. The van der Waals surface area contributed by atoms with Crippen molar-refractivity contribution in [3.63, 3.8) is 0 Å². The molecule has 0 saturated carbocycles. The predicted molar refractivity (Wildman–Crippen MR) is 134 cm³/mol. The van der Waals surface area contributed by atoms with Crippen molar-refractivity contribution in [3.8, 4) is 11.1 Å². The molecule has 2 amide bonds. The molecule has 3 aromatic carbocycles. The summed E-state index contributed by atoms with van der Waals surface area (Å²) in [4.78, 5) is 39.9. The third-order valence-corrected chi connectivity index (χ3v) is 6.96. The largest absolute Gasteiger partial charge is 0.462 e. The SMILES string of the molecule is C[C@H](NC(=O)OCC1c2ccccc2-c2ccccc21)C(=O)N1[C@H](C)C(=O)OC[C@@H]1c1ccccc1. The van der Waals surface area contributed by atoms with E-state index in [0.717, 1.165) is 27.8 Å². The van der Waals surface area contributed by atoms with Crippen molar-refractivity contribution in [2.24, 2.45) is 0 Å². The van der Waals surface area contributed by atoms with Crippen LogP contribution >= 0.6 is 0 Å². The molecule has 184 valence electrons. The summed E-state index contributed by atoms with van der Waals surface area (Å²) in [7, 11) is 0. The molecule has 3 aromatic rings. The summed E-state index contributed by atoms with van der Waals surface area (Å²) in [5.41, 5.74) is 5.37. The number of alkyl carbamates (subject to hydrolysis) is 1. The second-order valence-electron chi connectivity index (χ2n) is 9.17. The van der Waals surface area contributed by atoms with E-state index in [1.807, 2.05) is 66.7 Å². The molecule has 0 radical (unpaired) electrons. The van der Waals surface area contributed by atoms with Crippen LogP contribution in [0.15, 0.2) is 78.9 Å². The van der Waals surface area contributed by atoms with Gasteiger partial charge in [0.1, 0.15) is 25.3 Å². The van der Waals surface area contributed by atoms with Crippen LogP contribution in [-0.4, -0.2) is 48.2 Å². The van der Waals surface area contributed by atoms with Gasteiger partial charge in [-0.05, 0) is 41.7 Å². The number of amides is 2. The van der Waals surface area contributed by atoms with Gasteiger partial charge in [-0.25, -0.2) is 9.59 Å². The summed E-state index contributed by atoms with van der Waals surface area (Å²) in [6.07, 6.45) is -0.679. The Hall–Kier alpha value is -4.13. The lowest BCUT2D eigenvalue weighted by atomic mass is 9.98. The average molecular weight is 485 g/mol. The molecule has 3 atom stereocenters. The number of benzene rings is 3. The molecule has 1 aliphatic carbocycles. The minimum Gasteiger partial charge on any atom is -0.462 e. The molecule has 0 unspecified atom stereocenters. The van der Waals surface area contributed by atoms with Gasteiger partial charge in [-0.15, -0.1) is 0 Å². The monoisotopic (exact) mass is 484 g/mol. The lowest BCUT2D eigenvalue weighted by Crippen LogP contribution is -2.57. The van der Waals surface area contributed by atoms with E-state index in [9.17, 15) is 14.4 Å². The van der Waals surface area contributed by atoms with Crippen LogP contribution in [0.5, 0.6) is 0 Å². The third-order valence-electron chi connectivity index (χ3n) is 6.96. The minimum atomic E-state index is -0.889. The van der Waals surface area contributed by atoms with E-state index >= 15 is 0 Å². The Bertz CT molecular complexity index is 1250. The first kappa shape index (κ1) is 23.6. The lowest BCUT2D eigenvalue weighted by Gasteiger charge is -2.40. The molecule has 1 heterocycles. The van der Waals surface area contributed by atoms with Crippen LogP contribution in [0.2, 0.25) is 0 Å². The molecule has 2 aliphatic rings. The molecule has 0 bridgehead atoms. The maximum Gasteiger partial charge on any atom is 0.407 e. The van der Waals surface area contributed by atoms with Gasteiger partial charge in [-0.1, -0.05) is 78.9 Å². The van der Waals surface area contributed by atoms with Gasteiger partial charge in [0.05, 0.1) is 6.04 Å². The van der Waals surface area contributed by atoms with Crippen LogP contribution in [0.1, 0.15) is 42.5 Å². The predicted octanol–water partition coefficient (Wildman–Crippen LogP) is 4.43. The summed E-state index contributed by atoms with van der Waals surface area (Å²) in [6.45, 7) is 3.45. The Kier molecular flexibility index (Phi) is 6.46. The number of rotatable bonds is 5. The highest BCUT2D eigenvalue weighted by Crippen LogP contribution is 2.44. The van der Waals surface area contributed by atoms with Crippen LogP contribution in [0.25, 0.3) is 11.1 Å². The summed E-state index contributed by atoms with van der Waals surface area (Å²) in [5, 5.41) is 2.65. The topological polar surface area (TPSA) is 84.9 Å². The van der Waals surface area contributed by atoms with Crippen molar-refractivity contribution >= 4 is 18.0 Å². The molecule has 7 nitrogen and oxygen atoms in total. The van der Waals surface area contributed by atoms with E-state index in [1.54, 1.807) is 13.8 Å². The van der Waals surface area contributed by atoms with E-state index in [2.05, 4.69) is 17.4 Å². The summed E-state index contributed by atoms with van der Waals surface area (Å²) in [5.74, 6) is -0.918. The first-order valence-electron chi connectivity index (χ1n) is 12.1. The van der Waals surface area contributed by atoms with Crippen molar-refractivity contribution in [1.82, 2.24) is 10.2 Å². The van der Waals surface area contributed by atoms with E-state index in [0.29, 0.717) is 0 Å². The fourth-order valence-corrected chi connectivity index (χ4v) is 5.12. The maximum absolute atomic E-state index is 13.4. The number of hydrogen-bond donors (Lipinski definition) is 1. The molecular weight excluding hydrogens is 456 g/mol. The highest BCUT2D eigenvalue weighted by molar-refractivity contribution is 5.90. The number of carbonyl (C=O) groups excluding carboxylic acids is 3. The summed E-state index contributed by atoms with van der Waals surface area (Å²) < 4.78 is 10.9. The van der Waals surface area contributed by atoms with Gasteiger partial charge in [-0.3, -0.25) is 4.79 Å². The normalized spacial score (nSPS) is 19.6. The number of carbonyl (C=O) groups is 3. The molecule has 0 aromatic heterocycles. The van der Waals surface area contributed by atoms with Crippen LogP contribution in [0.4, 0.5) is 4.79 Å². The average Bonchev–Trinajstić information content (AvgIpc) is 3.22. The standard InChI is InChI=1S/C29H28N2O5/c1-18(27(32)31-19(2)28(33)35-17-26(31)20-10-4-3-5-11-20)30-29(34)36-16-25-23-14-8-6-12-21(23)22-13-7-9-15-24(22)25/h3-15,18-19,25-26H,16-17H2,1-2H3,(H,30,34)/t18-,19+,26+/m0/s1. The number of hydrogen-bond acceptors (Lipinski definition) is 5. The van der Waals surface area contributed by atoms with Crippen molar-refractivity contribution in [3.05, 3.63) is 95.6 Å². The number of cyclic esters (lactones) is 1. The van der Waals surface area contributed by atoms with E-state index in [1.165, 1.54) is 4.90 Å². The van der Waals surface area contributed by atoms with Crippen LogP contribution in [-0.2, 0) is 19.1 Å². The zero-order chi connectivity index (χ0) is 25.2. The second-order valence-corrected chi connectivity index (χ2v) is 9.17. The van der Waals surface area contributed by atoms with Crippen LogP contribution in [0.3, 0.4) is 0 Å². The smallest absolute Gasteiger partial charge is 0.407 e.